The van der Waals surface area contributed by atoms with Gasteiger partial charge in [0.1, 0.15) is 29.9 Å². The van der Waals surface area contributed by atoms with Crippen molar-refractivity contribution in [2.24, 2.45) is 0 Å². The number of carbonyl (C=O) groups excluding carboxylic acids is 9. The Morgan fingerprint density at radius 2 is 1.07 bits per heavy atom. The maximum atomic E-state index is 12.9. The summed E-state index contributed by atoms with van der Waals surface area (Å²) in [6, 6.07) is 7.66. The molecule has 3 N–H and O–H groups in total. The Kier molecular flexibility index (Phi) is 20.7. The van der Waals surface area contributed by atoms with Crippen molar-refractivity contribution in [2.45, 2.75) is 116 Å². The van der Waals surface area contributed by atoms with Crippen molar-refractivity contribution in [3.8, 4) is 11.5 Å². The highest BCUT2D eigenvalue weighted by atomic mass is 31.1. The molecule has 0 radical (unpaired) electrons. The van der Waals surface area contributed by atoms with E-state index in [9.17, 15) is 43.2 Å². The lowest BCUT2D eigenvalue weighted by molar-refractivity contribution is -0.137. The van der Waals surface area contributed by atoms with Gasteiger partial charge in [-0.25, -0.2) is 0 Å². The molecule has 61 heavy (non-hydrogen) atoms. The average molecular weight is 868 g/mol. The third-order valence-electron chi connectivity index (χ3n) is 9.89. The summed E-state index contributed by atoms with van der Waals surface area (Å²) in [5.74, 6) is -3.64. The number of nitrogens with zero attached hydrogens (tertiary/aromatic N) is 2. The number of amides is 8. The number of imide groups is 4. The molecule has 2 fully saturated rings. The molecule has 0 bridgehead atoms. The number of aliphatic hydroxyl groups excluding tert-OH is 1. The van der Waals surface area contributed by atoms with Gasteiger partial charge < -0.3 is 19.4 Å². The van der Waals surface area contributed by atoms with Crippen LogP contribution in [-0.4, -0.2) is 114 Å². The number of nitrogens with one attached hydrogen (secondary N) is 2. The van der Waals surface area contributed by atoms with Gasteiger partial charge in [0.15, 0.2) is 0 Å². The van der Waals surface area contributed by atoms with E-state index in [4.69, 9.17) is 16.0 Å². The molecule has 0 aliphatic carbocycles. The Bertz CT molecular complexity index is 1930. The summed E-state index contributed by atoms with van der Waals surface area (Å²) in [5.41, 5.74) is 0.768. The van der Waals surface area contributed by atoms with E-state index in [2.05, 4.69) is 24.0 Å². The quantitative estimate of drug-likeness (QED) is 0.0782. The van der Waals surface area contributed by atoms with Crippen molar-refractivity contribution in [3.63, 3.8) is 0 Å². The summed E-state index contributed by atoms with van der Waals surface area (Å²) in [5, 5.41) is 13.1. The van der Waals surface area contributed by atoms with Crippen LogP contribution in [0.25, 0.3) is 0 Å². The first kappa shape index (κ1) is 48.3. The molecule has 0 aromatic heterocycles. The molecule has 4 aliphatic rings. The Hall–Kier alpha value is -5.34. The number of aliphatic hydroxyl groups is 1. The summed E-state index contributed by atoms with van der Waals surface area (Å²) >= 11 is 0. The number of hydrogen-bond acceptors (Lipinski definition) is 12. The van der Waals surface area contributed by atoms with Gasteiger partial charge in [-0.3, -0.25) is 58.8 Å². The average Bonchev–Trinajstić information content (AvgIpc) is 3.65. The highest BCUT2D eigenvalue weighted by Crippen LogP contribution is 2.35. The molecule has 4 aliphatic heterocycles. The zero-order valence-corrected chi connectivity index (χ0v) is 36.3. The number of ether oxygens (including phenoxy) is 2. The predicted molar refractivity (Wildman–Crippen MR) is 228 cm³/mol. The first-order valence-electron chi connectivity index (χ1n) is 21.5. The van der Waals surface area contributed by atoms with Crippen LogP contribution in [0.2, 0.25) is 0 Å². The molecule has 4 heterocycles. The minimum Gasteiger partial charge on any atom is -0.493 e. The van der Waals surface area contributed by atoms with E-state index in [-0.39, 0.29) is 54.5 Å². The van der Waals surface area contributed by atoms with Crippen molar-refractivity contribution in [2.75, 3.05) is 33.2 Å². The molecule has 2 aromatic rings. The van der Waals surface area contributed by atoms with Crippen LogP contribution >= 0.6 is 8.58 Å². The zero-order valence-electron chi connectivity index (χ0n) is 36.3. The molecule has 0 spiro atoms. The molecular formula is C44H59N4O12P. The Labute approximate surface area is 360 Å². The maximum Gasteiger partial charge on any atom is 0.266 e. The van der Waals surface area contributed by atoms with Crippen LogP contribution in [0.15, 0.2) is 36.4 Å². The van der Waals surface area contributed by atoms with Crippen LogP contribution in [0, 0.1) is 0 Å². The summed E-state index contributed by atoms with van der Waals surface area (Å²) in [6.45, 7) is 7.60. The third-order valence-corrected chi connectivity index (χ3v) is 9.89. The summed E-state index contributed by atoms with van der Waals surface area (Å²) in [7, 11) is 1.08. The Morgan fingerprint density at radius 3 is 1.46 bits per heavy atom. The second-order valence-electron chi connectivity index (χ2n) is 14.3. The number of aldehydes is 1. The fourth-order valence-electron chi connectivity index (χ4n) is 7.00. The first-order valence-corrected chi connectivity index (χ1v) is 22.8. The number of unbranched alkanes of at least 4 members (excludes halogenated alkanes) is 8. The van der Waals surface area contributed by atoms with Crippen molar-refractivity contribution in [1.29, 1.82) is 0 Å². The van der Waals surface area contributed by atoms with Crippen LogP contribution in [0.1, 0.15) is 147 Å². The normalized spacial score (nSPS) is 18.0. The lowest BCUT2D eigenvalue weighted by Crippen LogP contribution is -2.54. The molecule has 6 rings (SSSR count). The van der Waals surface area contributed by atoms with Gasteiger partial charge in [-0.1, -0.05) is 58.1 Å². The van der Waals surface area contributed by atoms with E-state index in [0.717, 1.165) is 82.5 Å². The topological polar surface area (TPSA) is 223 Å². The largest absolute Gasteiger partial charge is 0.493 e. The predicted octanol–water partition coefficient (Wildman–Crippen LogP) is 4.98. The molecule has 332 valence electrons. The van der Waals surface area contributed by atoms with Gasteiger partial charge >= 0.3 is 0 Å². The minimum absolute atomic E-state index is 0.0806. The van der Waals surface area contributed by atoms with E-state index in [0.29, 0.717) is 38.0 Å². The van der Waals surface area contributed by atoms with Gasteiger partial charge in [0, 0.05) is 27.2 Å². The van der Waals surface area contributed by atoms with E-state index in [1.165, 1.54) is 6.07 Å². The van der Waals surface area contributed by atoms with Gasteiger partial charge in [-0.05, 0) is 76.1 Å². The summed E-state index contributed by atoms with van der Waals surface area (Å²) in [6.07, 6.45) is 9.81. The number of benzene rings is 2. The van der Waals surface area contributed by atoms with Crippen LogP contribution < -0.4 is 20.1 Å². The Morgan fingerprint density at radius 1 is 0.672 bits per heavy atom. The fraction of sp³-hybridized carbons (Fsp3) is 0.523. The molecule has 2 saturated heterocycles. The van der Waals surface area contributed by atoms with Crippen molar-refractivity contribution in [1.82, 2.24) is 20.4 Å². The lowest BCUT2D eigenvalue weighted by atomic mass is 10.0. The standard InChI is InChI=1S/C20H24N2O6.C20H22N2O6.C2H7P.C2H6/c2*23-11-4-2-1-3-5-12-28-15-8-6-7-13-17(15)20(27)22(19(13)26)14-9-10-16(24)21-18(14)25;1-3-2;1-2/h6-8,14,23H,1-5,9-12H2,(H,21,24,25);6-8,11,14H,1-5,9-10,12H2,(H,21,24,25);3H,1-2H3;1-2H3/i;;;1D. The first-order chi connectivity index (χ1) is 29.9. The SMILES string of the molecule is CPC.O=C1CCC(N2C(=O)c3cccc(OCCCCCCCO)c3C2=O)C(=O)N1.O=CCCCCCCOc1cccc2c1C(=O)N(C1CCC(=O)NC1=O)C2=O.[2H]CC. The highest BCUT2D eigenvalue weighted by molar-refractivity contribution is 7.35. The molecule has 17 heteroatoms. The number of hydrogen-bond donors (Lipinski definition) is 3. The number of fused-ring (bicyclic) bond motifs is 2. The zero-order chi connectivity index (χ0) is 45.6. The third kappa shape index (κ3) is 13.3. The van der Waals surface area contributed by atoms with Gasteiger partial charge in [0.2, 0.25) is 23.6 Å². The number of piperidine rings is 2. The Balaban J connectivity index is 0.000000293. The van der Waals surface area contributed by atoms with E-state index < -0.39 is 59.3 Å². The van der Waals surface area contributed by atoms with Crippen LogP contribution in [-0.2, 0) is 24.0 Å². The lowest BCUT2D eigenvalue weighted by Gasteiger charge is -2.27. The van der Waals surface area contributed by atoms with Crippen molar-refractivity contribution in [3.05, 3.63) is 58.7 Å². The van der Waals surface area contributed by atoms with E-state index in [1.54, 1.807) is 37.3 Å². The second-order valence-corrected chi connectivity index (χ2v) is 15.3. The monoisotopic (exact) mass is 867 g/mol. The van der Waals surface area contributed by atoms with E-state index in [1.807, 2.05) is 0 Å². The number of rotatable bonds is 18. The summed E-state index contributed by atoms with van der Waals surface area (Å²) in [4.78, 5) is 110. The molecule has 0 saturated carbocycles. The van der Waals surface area contributed by atoms with Gasteiger partial charge in [-0.2, -0.15) is 0 Å². The smallest absolute Gasteiger partial charge is 0.266 e. The van der Waals surface area contributed by atoms with E-state index >= 15 is 0 Å². The molecule has 2 aromatic carbocycles. The minimum atomic E-state index is -0.990. The maximum absolute atomic E-state index is 12.9. The second kappa shape index (κ2) is 26.1. The van der Waals surface area contributed by atoms with Crippen LogP contribution in [0.5, 0.6) is 11.5 Å². The molecule has 8 amide bonds. The molecule has 2 atom stereocenters. The van der Waals surface area contributed by atoms with Gasteiger partial charge in [0.05, 0.1) is 35.5 Å². The van der Waals surface area contributed by atoms with Gasteiger partial charge in [0.25, 0.3) is 23.6 Å². The molecule has 2 unspecified atom stereocenters. The number of carbonyl (C=O) groups is 9. The highest BCUT2D eigenvalue weighted by Gasteiger charge is 2.47. The fourth-order valence-corrected chi connectivity index (χ4v) is 7.00. The van der Waals surface area contributed by atoms with Gasteiger partial charge in [-0.15, -0.1) is 8.58 Å². The van der Waals surface area contributed by atoms with Crippen molar-refractivity contribution < 1.29 is 59.1 Å². The van der Waals surface area contributed by atoms with Crippen LogP contribution in [0.3, 0.4) is 0 Å². The molecule has 16 nitrogen and oxygen atoms in total. The van der Waals surface area contributed by atoms with Crippen LogP contribution in [0.4, 0.5) is 0 Å². The molecular weight excluding hydrogens is 807 g/mol. The summed E-state index contributed by atoms with van der Waals surface area (Å²) < 4.78 is 17.7. The van der Waals surface area contributed by atoms with Crippen molar-refractivity contribution >= 4 is 62.1 Å².